The van der Waals surface area contributed by atoms with Crippen LogP contribution in [-0.4, -0.2) is 48.8 Å². The van der Waals surface area contributed by atoms with Crippen molar-refractivity contribution in [2.24, 2.45) is 9.98 Å². The lowest BCUT2D eigenvalue weighted by Crippen LogP contribution is -2.34. The first-order valence-corrected chi connectivity index (χ1v) is 8.77. The monoisotopic (exact) mass is 329 g/mol. The summed E-state index contributed by atoms with van der Waals surface area (Å²) in [4.78, 5) is 12.5. The molecule has 0 amide bonds. The second-order valence-corrected chi connectivity index (χ2v) is 6.92. The Labute approximate surface area is 142 Å². The molecule has 0 radical (unpaired) electrons. The van der Waals surface area contributed by atoms with Crippen molar-refractivity contribution >= 4 is 23.3 Å². The van der Waals surface area contributed by atoms with Gasteiger partial charge < -0.3 is 9.64 Å². The Morgan fingerprint density at radius 1 is 1.43 bits per heavy atom. The molecule has 3 rings (SSSR count). The third kappa shape index (κ3) is 3.08. The summed E-state index contributed by atoms with van der Waals surface area (Å²) < 4.78 is 5.74. The fraction of sp³-hybridized carbons (Fsp3) is 0.444. The number of hydrogen-bond acceptors (Lipinski definition) is 5. The van der Waals surface area contributed by atoms with Gasteiger partial charge in [0.05, 0.1) is 25.4 Å². The molecular formula is C18H23N3OS. The van der Waals surface area contributed by atoms with Crippen molar-refractivity contribution in [3.8, 4) is 0 Å². The second kappa shape index (κ2) is 6.49. The molecule has 4 nitrogen and oxygen atoms in total. The zero-order chi connectivity index (χ0) is 16.4. The fourth-order valence-electron chi connectivity index (χ4n) is 3.08. The quantitative estimate of drug-likeness (QED) is 0.572. The van der Waals surface area contributed by atoms with Crippen LogP contribution >= 0.6 is 11.8 Å². The second-order valence-electron chi connectivity index (χ2n) is 5.92. The molecule has 5 heteroatoms. The van der Waals surface area contributed by atoms with Gasteiger partial charge in [-0.3, -0.25) is 9.98 Å². The lowest BCUT2D eigenvalue weighted by atomic mass is 10.0. The Kier molecular flexibility index (Phi) is 4.60. The van der Waals surface area contributed by atoms with Crippen molar-refractivity contribution in [2.75, 3.05) is 26.7 Å². The van der Waals surface area contributed by atoms with E-state index in [2.05, 4.69) is 22.5 Å². The van der Waals surface area contributed by atoms with Crippen LogP contribution in [0.25, 0.3) is 0 Å². The van der Waals surface area contributed by atoms with Crippen LogP contribution in [-0.2, 0) is 4.74 Å². The van der Waals surface area contributed by atoms with Gasteiger partial charge in [0.2, 0.25) is 0 Å². The van der Waals surface area contributed by atoms with E-state index >= 15 is 0 Å². The van der Waals surface area contributed by atoms with Crippen molar-refractivity contribution in [1.29, 1.82) is 0 Å². The SMILES string of the molecule is C=C(S/C=C\C)C1=NCC(C(/C=C\C)=NC)=C2CC3(CO3)CN12. The van der Waals surface area contributed by atoms with E-state index in [-0.39, 0.29) is 5.60 Å². The normalized spacial score (nSPS) is 27.3. The van der Waals surface area contributed by atoms with Crippen molar-refractivity contribution in [3.63, 3.8) is 0 Å². The number of hydrogen-bond donors (Lipinski definition) is 0. The van der Waals surface area contributed by atoms with Crippen LogP contribution in [0.2, 0.25) is 0 Å². The molecule has 23 heavy (non-hydrogen) atoms. The molecule has 0 aromatic rings. The van der Waals surface area contributed by atoms with Crippen molar-refractivity contribution in [1.82, 2.24) is 4.90 Å². The minimum Gasteiger partial charge on any atom is -0.367 e. The molecule has 0 saturated carbocycles. The molecule has 0 aliphatic carbocycles. The highest BCUT2D eigenvalue weighted by Crippen LogP contribution is 2.46. The average molecular weight is 329 g/mol. The standard InChI is InChI=1S/C18H23N3OS/c1-5-7-15(19-4)14-10-20-17(13(3)23-8-6-2)21-11-18(12-22-18)9-16(14)21/h5-8H,3,9-12H2,1-2,4H3/b7-5-,8-6-,19-15?. The number of aliphatic imine (C=N–C) groups is 2. The van der Waals surface area contributed by atoms with Crippen LogP contribution in [0.5, 0.6) is 0 Å². The van der Waals surface area contributed by atoms with E-state index in [0.717, 1.165) is 36.0 Å². The van der Waals surface area contributed by atoms with Gasteiger partial charge in [0.1, 0.15) is 11.4 Å². The first-order valence-electron chi connectivity index (χ1n) is 7.89. The molecule has 0 bridgehead atoms. The third-order valence-electron chi connectivity index (χ3n) is 4.28. The van der Waals surface area contributed by atoms with E-state index in [1.807, 2.05) is 38.5 Å². The maximum Gasteiger partial charge on any atom is 0.141 e. The summed E-state index contributed by atoms with van der Waals surface area (Å²) >= 11 is 1.62. The minimum atomic E-state index is -0.00792. The van der Waals surface area contributed by atoms with Crippen LogP contribution in [0.4, 0.5) is 0 Å². The van der Waals surface area contributed by atoms with E-state index in [4.69, 9.17) is 9.73 Å². The number of thioether (sulfide) groups is 1. The Morgan fingerprint density at radius 3 is 2.83 bits per heavy atom. The van der Waals surface area contributed by atoms with Gasteiger partial charge >= 0.3 is 0 Å². The fourth-order valence-corrected chi connectivity index (χ4v) is 3.66. The van der Waals surface area contributed by atoms with Crippen LogP contribution < -0.4 is 0 Å². The summed E-state index contributed by atoms with van der Waals surface area (Å²) in [5.41, 5.74) is 3.52. The molecule has 1 atom stereocenters. The molecular weight excluding hydrogens is 306 g/mol. The number of epoxide rings is 1. The number of amidine groups is 1. The molecule has 2 fully saturated rings. The Bertz CT molecular complexity index is 666. The summed E-state index contributed by atoms with van der Waals surface area (Å²) in [6.07, 6.45) is 7.05. The maximum absolute atomic E-state index is 5.74. The van der Waals surface area contributed by atoms with Crippen LogP contribution in [0.3, 0.4) is 0 Å². The summed E-state index contributed by atoms with van der Waals surface area (Å²) in [5, 5.41) is 2.04. The number of ether oxygens (including phenoxy) is 1. The Balaban J connectivity index is 1.94. The van der Waals surface area contributed by atoms with Gasteiger partial charge in [-0.25, -0.2) is 0 Å². The zero-order valence-electron chi connectivity index (χ0n) is 14.0. The number of allylic oxidation sites excluding steroid dienone is 3. The van der Waals surface area contributed by atoms with E-state index in [1.165, 1.54) is 11.3 Å². The van der Waals surface area contributed by atoms with Gasteiger partial charge in [0.25, 0.3) is 0 Å². The van der Waals surface area contributed by atoms with Gasteiger partial charge in [-0.2, -0.15) is 0 Å². The van der Waals surface area contributed by atoms with E-state index in [0.29, 0.717) is 6.54 Å². The lowest BCUT2D eigenvalue weighted by molar-refractivity contribution is 0.311. The smallest absolute Gasteiger partial charge is 0.141 e. The predicted octanol–water partition coefficient (Wildman–Crippen LogP) is 3.55. The average Bonchev–Trinajstić information content (AvgIpc) is 3.18. The van der Waals surface area contributed by atoms with Crippen molar-refractivity contribution in [3.05, 3.63) is 46.4 Å². The van der Waals surface area contributed by atoms with Crippen LogP contribution in [0, 0.1) is 0 Å². The lowest BCUT2D eigenvalue weighted by Gasteiger charge is -2.29. The highest BCUT2D eigenvalue weighted by molar-refractivity contribution is 8.06. The Hall–Kier alpha value is -1.59. The Morgan fingerprint density at radius 2 is 2.22 bits per heavy atom. The highest BCUT2D eigenvalue weighted by Gasteiger charge is 2.54. The molecule has 3 heterocycles. The van der Waals surface area contributed by atoms with Gasteiger partial charge in [-0.15, -0.1) is 0 Å². The summed E-state index contributed by atoms with van der Waals surface area (Å²) in [6, 6.07) is 0. The van der Waals surface area contributed by atoms with Crippen molar-refractivity contribution in [2.45, 2.75) is 25.9 Å². The number of rotatable bonds is 5. The van der Waals surface area contributed by atoms with E-state index in [1.54, 1.807) is 11.8 Å². The van der Waals surface area contributed by atoms with Gasteiger partial charge in [-0.1, -0.05) is 30.5 Å². The first-order chi connectivity index (χ1) is 11.1. The van der Waals surface area contributed by atoms with Crippen molar-refractivity contribution < 1.29 is 4.74 Å². The van der Waals surface area contributed by atoms with Gasteiger partial charge in [-0.05, 0) is 25.3 Å². The molecule has 0 N–H and O–H groups in total. The molecule has 2 saturated heterocycles. The summed E-state index contributed by atoms with van der Waals surface area (Å²) in [6.45, 7) is 10.6. The third-order valence-corrected chi connectivity index (χ3v) is 5.15. The van der Waals surface area contributed by atoms with E-state index < -0.39 is 0 Å². The summed E-state index contributed by atoms with van der Waals surface area (Å²) in [7, 11) is 1.84. The van der Waals surface area contributed by atoms with Gasteiger partial charge in [0.15, 0.2) is 0 Å². The van der Waals surface area contributed by atoms with E-state index in [9.17, 15) is 0 Å². The molecule has 1 spiro atoms. The maximum atomic E-state index is 5.74. The zero-order valence-corrected chi connectivity index (χ0v) is 14.8. The molecule has 1 unspecified atom stereocenters. The van der Waals surface area contributed by atoms with Gasteiger partial charge in [0, 0.05) is 29.6 Å². The predicted molar refractivity (Wildman–Crippen MR) is 99.1 cm³/mol. The summed E-state index contributed by atoms with van der Waals surface area (Å²) in [5.74, 6) is 0.982. The highest BCUT2D eigenvalue weighted by atomic mass is 32.2. The van der Waals surface area contributed by atoms with Crippen LogP contribution in [0.1, 0.15) is 20.3 Å². The largest absolute Gasteiger partial charge is 0.367 e. The molecule has 0 aromatic heterocycles. The molecule has 3 aliphatic rings. The number of nitrogens with zero attached hydrogens (tertiary/aromatic N) is 3. The number of fused-ring (bicyclic) bond motifs is 1. The topological polar surface area (TPSA) is 40.5 Å². The molecule has 0 aromatic carbocycles. The molecule has 3 aliphatic heterocycles. The first kappa shape index (κ1) is 16.3. The van der Waals surface area contributed by atoms with Crippen LogP contribution in [0.15, 0.2) is 56.4 Å². The molecule has 122 valence electrons. The minimum absolute atomic E-state index is 0.00792.